The lowest BCUT2D eigenvalue weighted by Crippen LogP contribution is -2.59. The molecule has 2 fully saturated rings. The first-order chi connectivity index (χ1) is 8.92. The Bertz CT molecular complexity index is 338. The van der Waals surface area contributed by atoms with Crippen LogP contribution in [0.2, 0.25) is 0 Å². The summed E-state index contributed by atoms with van der Waals surface area (Å²) >= 11 is 0. The van der Waals surface area contributed by atoms with Crippen LogP contribution in [0.15, 0.2) is 0 Å². The van der Waals surface area contributed by atoms with Crippen molar-refractivity contribution in [3.05, 3.63) is 0 Å². The van der Waals surface area contributed by atoms with E-state index in [2.05, 4.69) is 0 Å². The minimum atomic E-state index is -0.407. The van der Waals surface area contributed by atoms with Crippen LogP contribution in [0.25, 0.3) is 0 Å². The van der Waals surface area contributed by atoms with Gasteiger partial charge in [-0.2, -0.15) is 0 Å². The summed E-state index contributed by atoms with van der Waals surface area (Å²) in [5.74, 6) is 0.155. The van der Waals surface area contributed by atoms with Gasteiger partial charge in [-0.25, -0.2) is 0 Å². The molecule has 0 spiro atoms. The van der Waals surface area contributed by atoms with Crippen molar-refractivity contribution < 1.29 is 14.6 Å². The summed E-state index contributed by atoms with van der Waals surface area (Å²) < 4.78 is 5.76. The van der Waals surface area contributed by atoms with Gasteiger partial charge in [0.1, 0.15) is 0 Å². The third-order valence-electron chi connectivity index (χ3n) is 4.38. The summed E-state index contributed by atoms with van der Waals surface area (Å²) in [6.45, 7) is 5.33. The topological polar surface area (TPSA) is 75.8 Å². The van der Waals surface area contributed by atoms with E-state index in [9.17, 15) is 9.90 Å². The predicted octanol–water partition coefficient (Wildman–Crippen LogP) is 0.504. The number of carbonyl (C=O) groups is 1. The number of rotatable bonds is 3. The van der Waals surface area contributed by atoms with Crippen molar-refractivity contribution >= 4 is 5.91 Å². The molecule has 5 nitrogen and oxygen atoms in total. The fraction of sp³-hybridized carbons (Fsp3) is 0.929. The molecular formula is C14H26N2O3. The van der Waals surface area contributed by atoms with E-state index in [-0.39, 0.29) is 24.0 Å². The van der Waals surface area contributed by atoms with Crippen molar-refractivity contribution in [2.75, 3.05) is 26.2 Å². The van der Waals surface area contributed by atoms with E-state index in [1.165, 1.54) is 0 Å². The quantitative estimate of drug-likeness (QED) is 0.783. The molecule has 19 heavy (non-hydrogen) atoms. The summed E-state index contributed by atoms with van der Waals surface area (Å²) in [5.41, 5.74) is 5.11. The van der Waals surface area contributed by atoms with E-state index >= 15 is 0 Å². The predicted molar refractivity (Wildman–Crippen MR) is 72.6 cm³/mol. The van der Waals surface area contributed by atoms with Crippen molar-refractivity contribution in [1.29, 1.82) is 0 Å². The smallest absolute Gasteiger partial charge is 0.230 e. The van der Waals surface area contributed by atoms with E-state index in [1.54, 1.807) is 0 Å². The van der Waals surface area contributed by atoms with Crippen molar-refractivity contribution in [3.63, 3.8) is 0 Å². The average molecular weight is 270 g/mol. The molecule has 1 saturated carbocycles. The molecule has 110 valence electrons. The molecular weight excluding hydrogens is 244 g/mol. The van der Waals surface area contributed by atoms with Gasteiger partial charge in [-0.15, -0.1) is 0 Å². The van der Waals surface area contributed by atoms with Gasteiger partial charge in [0, 0.05) is 19.6 Å². The number of amides is 1. The number of hydrogen-bond donors (Lipinski definition) is 2. The molecule has 1 unspecified atom stereocenters. The Hall–Kier alpha value is -0.650. The fourth-order valence-corrected chi connectivity index (χ4v) is 3.44. The van der Waals surface area contributed by atoms with Crippen LogP contribution < -0.4 is 5.73 Å². The van der Waals surface area contributed by atoms with Gasteiger partial charge in [0.05, 0.1) is 23.7 Å². The lowest BCUT2D eigenvalue weighted by Gasteiger charge is -2.45. The van der Waals surface area contributed by atoms with Crippen LogP contribution >= 0.6 is 0 Å². The second-order valence-electron chi connectivity index (χ2n) is 6.56. The number of ether oxygens (including phenoxy) is 1. The second kappa shape index (κ2) is 5.38. The van der Waals surface area contributed by atoms with E-state index in [1.807, 2.05) is 18.7 Å². The monoisotopic (exact) mass is 270 g/mol. The zero-order valence-corrected chi connectivity index (χ0v) is 12.0. The van der Waals surface area contributed by atoms with Crippen LogP contribution in [-0.4, -0.2) is 53.9 Å². The molecule has 1 aliphatic heterocycles. The third-order valence-corrected chi connectivity index (χ3v) is 4.38. The molecule has 5 heteroatoms. The SMILES string of the molecule is CC1(C)CN(C(=O)C2(CN)CCCC2)CC(CO)O1. The van der Waals surface area contributed by atoms with Gasteiger partial charge in [-0.05, 0) is 26.7 Å². The number of carbonyl (C=O) groups excluding carboxylic acids is 1. The minimum absolute atomic E-state index is 0.0527. The summed E-state index contributed by atoms with van der Waals surface area (Å²) in [7, 11) is 0. The Balaban J connectivity index is 2.13. The standard InChI is InChI=1S/C14H26N2O3/c1-13(2)10-16(7-11(8-17)19-13)12(18)14(9-15)5-3-4-6-14/h11,17H,3-10,15H2,1-2H3. The van der Waals surface area contributed by atoms with Crippen molar-refractivity contribution in [3.8, 4) is 0 Å². The third kappa shape index (κ3) is 2.93. The van der Waals surface area contributed by atoms with Gasteiger partial charge in [0.2, 0.25) is 5.91 Å². The number of nitrogens with zero attached hydrogens (tertiary/aromatic N) is 1. The lowest BCUT2D eigenvalue weighted by molar-refractivity contribution is -0.173. The van der Waals surface area contributed by atoms with Gasteiger partial charge < -0.3 is 20.5 Å². The van der Waals surface area contributed by atoms with Gasteiger partial charge >= 0.3 is 0 Å². The Labute approximate surface area is 115 Å². The first-order valence-electron chi connectivity index (χ1n) is 7.21. The Morgan fingerprint density at radius 3 is 2.58 bits per heavy atom. The Kier molecular flexibility index (Phi) is 4.18. The molecule has 1 heterocycles. The maximum atomic E-state index is 12.8. The maximum absolute atomic E-state index is 12.8. The molecule has 2 aliphatic rings. The van der Waals surface area contributed by atoms with Gasteiger partial charge in [0.15, 0.2) is 0 Å². The Morgan fingerprint density at radius 2 is 2.05 bits per heavy atom. The van der Waals surface area contributed by atoms with E-state index in [0.717, 1.165) is 25.7 Å². The highest BCUT2D eigenvalue weighted by atomic mass is 16.5. The molecule has 0 aromatic carbocycles. The van der Waals surface area contributed by atoms with Crippen LogP contribution in [0.4, 0.5) is 0 Å². The number of aliphatic hydroxyl groups excluding tert-OH is 1. The summed E-state index contributed by atoms with van der Waals surface area (Å²) in [5, 5.41) is 9.32. The average Bonchev–Trinajstić information content (AvgIpc) is 2.85. The fourth-order valence-electron chi connectivity index (χ4n) is 3.44. The molecule has 0 bridgehead atoms. The highest BCUT2D eigenvalue weighted by Crippen LogP contribution is 2.39. The number of hydrogen-bond acceptors (Lipinski definition) is 4. The number of aliphatic hydroxyl groups is 1. The highest BCUT2D eigenvalue weighted by Gasteiger charge is 2.45. The molecule has 0 aromatic heterocycles. The van der Waals surface area contributed by atoms with Crippen molar-refractivity contribution in [1.82, 2.24) is 4.90 Å². The number of nitrogens with two attached hydrogens (primary N) is 1. The van der Waals surface area contributed by atoms with E-state index < -0.39 is 5.60 Å². The number of morpholine rings is 1. The first-order valence-corrected chi connectivity index (χ1v) is 7.21. The molecule has 1 saturated heterocycles. The van der Waals surface area contributed by atoms with Crippen LogP contribution in [0.1, 0.15) is 39.5 Å². The summed E-state index contributed by atoms with van der Waals surface area (Å²) in [4.78, 5) is 14.7. The Morgan fingerprint density at radius 1 is 1.42 bits per heavy atom. The summed E-state index contributed by atoms with van der Waals surface area (Å²) in [6, 6.07) is 0. The van der Waals surface area contributed by atoms with Crippen LogP contribution in [0.3, 0.4) is 0 Å². The van der Waals surface area contributed by atoms with Gasteiger partial charge in [0.25, 0.3) is 0 Å². The van der Waals surface area contributed by atoms with Crippen molar-refractivity contribution in [2.45, 2.75) is 51.2 Å². The van der Waals surface area contributed by atoms with Crippen molar-refractivity contribution in [2.24, 2.45) is 11.1 Å². The molecule has 1 atom stereocenters. The zero-order valence-electron chi connectivity index (χ0n) is 12.0. The molecule has 0 radical (unpaired) electrons. The highest BCUT2D eigenvalue weighted by molar-refractivity contribution is 5.83. The minimum Gasteiger partial charge on any atom is -0.394 e. The molecule has 1 aliphatic carbocycles. The lowest BCUT2D eigenvalue weighted by atomic mass is 9.84. The molecule has 3 N–H and O–H groups in total. The molecule has 1 amide bonds. The zero-order chi connectivity index (χ0) is 14.1. The summed E-state index contributed by atoms with van der Waals surface area (Å²) in [6.07, 6.45) is 3.66. The van der Waals surface area contributed by atoms with Gasteiger partial charge in [-0.1, -0.05) is 12.8 Å². The van der Waals surface area contributed by atoms with Gasteiger partial charge in [-0.3, -0.25) is 4.79 Å². The van der Waals surface area contributed by atoms with Crippen LogP contribution in [0.5, 0.6) is 0 Å². The largest absolute Gasteiger partial charge is 0.394 e. The van der Waals surface area contributed by atoms with Crippen LogP contribution in [-0.2, 0) is 9.53 Å². The second-order valence-corrected chi connectivity index (χ2v) is 6.56. The van der Waals surface area contributed by atoms with Crippen LogP contribution in [0, 0.1) is 5.41 Å². The molecule has 2 rings (SSSR count). The first kappa shape index (κ1) is 14.8. The van der Waals surface area contributed by atoms with E-state index in [4.69, 9.17) is 10.5 Å². The normalized spacial score (nSPS) is 29.5. The van der Waals surface area contributed by atoms with E-state index in [0.29, 0.717) is 19.6 Å². The molecule has 0 aromatic rings. The maximum Gasteiger partial charge on any atom is 0.230 e.